The van der Waals surface area contributed by atoms with Gasteiger partial charge in [-0.25, -0.2) is 4.68 Å². The molecular formula is C15H16N6O2. The Morgan fingerprint density at radius 2 is 2.13 bits per heavy atom. The molecule has 1 aliphatic heterocycles. The molecule has 3 aromatic rings. The van der Waals surface area contributed by atoms with Crippen molar-refractivity contribution in [1.29, 1.82) is 0 Å². The first-order chi connectivity index (χ1) is 11.2. The van der Waals surface area contributed by atoms with E-state index in [9.17, 15) is 4.79 Å². The maximum absolute atomic E-state index is 12.1. The third kappa shape index (κ3) is 2.46. The maximum Gasteiger partial charge on any atom is 0.267 e. The van der Waals surface area contributed by atoms with Crippen LogP contribution in [-0.2, 0) is 4.74 Å². The molecule has 1 fully saturated rings. The minimum absolute atomic E-state index is 0.102. The summed E-state index contributed by atoms with van der Waals surface area (Å²) in [4.78, 5) is 12.1. The van der Waals surface area contributed by atoms with E-state index in [1.807, 2.05) is 35.7 Å². The van der Waals surface area contributed by atoms with Crippen molar-refractivity contribution in [3.8, 4) is 0 Å². The molecule has 0 bridgehead atoms. The minimum atomic E-state index is -0.182. The SMILES string of the molecule is Cc1ccc(=O)n(C2COCC2Nc2nnc3ccccn23)n1. The van der Waals surface area contributed by atoms with Gasteiger partial charge in [0.15, 0.2) is 5.65 Å². The zero-order valence-corrected chi connectivity index (χ0v) is 12.6. The van der Waals surface area contributed by atoms with Gasteiger partial charge in [0.05, 0.1) is 24.9 Å². The summed E-state index contributed by atoms with van der Waals surface area (Å²) in [5, 5.41) is 15.9. The standard InChI is InChI=1S/C15H16N6O2/c1-10-5-6-14(22)21(19-10)12-9-23-8-11(12)16-15-18-17-13-4-2-3-7-20(13)15/h2-7,11-12H,8-9H2,1H3,(H,16,18). The van der Waals surface area contributed by atoms with Crippen LogP contribution in [0.5, 0.6) is 0 Å². The number of rotatable bonds is 3. The molecule has 0 aliphatic carbocycles. The van der Waals surface area contributed by atoms with E-state index in [4.69, 9.17) is 4.74 Å². The van der Waals surface area contributed by atoms with Crippen LogP contribution in [0, 0.1) is 6.92 Å². The van der Waals surface area contributed by atoms with Gasteiger partial charge >= 0.3 is 0 Å². The molecule has 118 valence electrons. The lowest BCUT2D eigenvalue weighted by Gasteiger charge is -2.20. The second kappa shape index (κ2) is 5.47. The van der Waals surface area contributed by atoms with Crippen molar-refractivity contribution in [3.05, 3.63) is 52.6 Å². The van der Waals surface area contributed by atoms with Crippen LogP contribution in [0.1, 0.15) is 11.7 Å². The van der Waals surface area contributed by atoms with E-state index >= 15 is 0 Å². The number of pyridine rings is 1. The molecule has 0 amide bonds. The third-order valence-electron chi connectivity index (χ3n) is 3.95. The first kappa shape index (κ1) is 13.9. The molecule has 8 nitrogen and oxygen atoms in total. The van der Waals surface area contributed by atoms with E-state index < -0.39 is 0 Å². The summed E-state index contributed by atoms with van der Waals surface area (Å²) in [6, 6.07) is 8.66. The van der Waals surface area contributed by atoms with Crippen molar-refractivity contribution < 1.29 is 4.74 Å². The predicted molar refractivity (Wildman–Crippen MR) is 83.5 cm³/mol. The molecule has 8 heteroatoms. The Labute approximate surface area is 131 Å². The summed E-state index contributed by atoms with van der Waals surface area (Å²) in [6.07, 6.45) is 1.89. The Balaban J connectivity index is 1.66. The highest BCUT2D eigenvalue weighted by molar-refractivity contribution is 5.45. The summed E-state index contributed by atoms with van der Waals surface area (Å²) in [6.45, 7) is 2.78. The maximum atomic E-state index is 12.1. The average Bonchev–Trinajstić information content (AvgIpc) is 3.18. The molecule has 3 aromatic heterocycles. The lowest BCUT2D eigenvalue weighted by atomic mass is 10.2. The predicted octanol–water partition coefficient (Wildman–Crippen LogP) is 0.646. The van der Waals surface area contributed by atoms with Gasteiger partial charge in [-0.05, 0) is 25.1 Å². The van der Waals surface area contributed by atoms with Gasteiger partial charge in [-0.15, -0.1) is 10.2 Å². The fourth-order valence-corrected chi connectivity index (χ4v) is 2.79. The number of nitrogens with one attached hydrogen (secondary N) is 1. The highest BCUT2D eigenvalue weighted by Crippen LogP contribution is 2.21. The highest BCUT2D eigenvalue weighted by atomic mass is 16.5. The second-order valence-electron chi connectivity index (χ2n) is 5.57. The molecule has 0 aromatic carbocycles. The van der Waals surface area contributed by atoms with Crippen molar-refractivity contribution >= 4 is 11.6 Å². The number of hydrogen-bond acceptors (Lipinski definition) is 6. The van der Waals surface area contributed by atoms with Crippen LogP contribution in [0.3, 0.4) is 0 Å². The van der Waals surface area contributed by atoms with Crippen molar-refractivity contribution in [3.63, 3.8) is 0 Å². The Kier molecular flexibility index (Phi) is 3.30. The molecule has 4 heterocycles. The van der Waals surface area contributed by atoms with Gasteiger partial charge in [0, 0.05) is 12.3 Å². The van der Waals surface area contributed by atoms with Crippen LogP contribution in [0.15, 0.2) is 41.3 Å². The van der Waals surface area contributed by atoms with Crippen molar-refractivity contribution in [2.45, 2.75) is 19.0 Å². The van der Waals surface area contributed by atoms with Gasteiger partial charge in [-0.3, -0.25) is 9.20 Å². The summed E-state index contributed by atoms with van der Waals surface area (Å²) in [7, 11) is 0. The highest BCUT2D eigenvalue weighted by Gasteiger charge is 2.32. The molecule has 0 radical (unpaired) electrons. The molecule has 0 spiro atoms. The van der Waals surface area contributed by atoms with E-state index in [0.29, 0.717) is 19.2 Å². The fourth-order valence-electron chi connectivity index (χ4n) is 2.79. The molecule has 4 rings (SSSR count). The molecule has 0 saturated carbocycles. The Bertz CT molecular complexity index is 902. The van der Waals surface area contributed by atoms with Gasteiger partial charge in [-0.1, -0.05) is 6.07 Å². The normalized spacial score (nSPS) is 20.9. The summed E-state index contributed by atoms with van der Waals surface area (Å²) in [5.74, 6) is 0.627. The van der Waals surface area contributed by atoms with E-state index in [2.05, 4.69) is 20.6 Å². The van der Waals surface area contributed by atoms with Gasteiger partial charge in [0.25, 0.3) is 5.56 Å². The summed E-state index contributed by atoms with van der Waals surface area (Å²) < 4.78 is 8.91. The molecule has 1 N–H and O–H groups in total. The van der Waals surface area contributed by atoms with E-state index in [0.717, 1.165) is 11.3 Å². The van der Waals surface area contributed by atoms with Gasteiger partial charge in [-0.2, -0.15) is 5.10 Å². The molecule has 1 saturated heterocycles. The monoisotopic (exact) mass is 312 g/mol. The quantitative estimate of drug-likeness (QED) is 0.764. The number of hydrogen-bond donors (Lipinski definition) is 1. The average molecular weight is 312 g/mol. The lowest BCUT2D eigenvalue weighted by molar-refractivity contribution is 0.182. The Morgan fingerprint density at radius 3 is 3.04 bits per heavy atom. The van der Waals surface area contributed by atoms with Crippen LogP contribution < -0.4 is 10.9 Å². The van der Waals surface area contributed by atoms with Crippen molar-refractivity contribution in [2.75, 3.05) is 18.5 Å². The van der Waals surface area contributed by atoms with E-state index in [-0.39, 0.29) is 17.6 Å². The van der Waals surface area contributed by atoms with Gasteiger partial charge in [0.2, 0.25) is 5.95 Å². The summed E-state index contributed by atoms with van der Waals surface area (Å²) in [5.41, 5.74) is 1.42. The zero-order chi connectivity index (χ0) is 15.8. The van der Waals surface area contributed by atoms with Crippen LogP contribution in [0.25, 0.3) is 5.65 Å². The number of aromatic nitrogens is 5. The largest absolute Gasteiger partial charge is 0.377 e. The molecule has 23 heavy (non-hydrogen) atoms. The Hall–Kier alpha value is -2.74. The molecule has 2 atom stereocenters. The fraction of sp³-hybridized carbons (Fsp3) is 0.333. The number of nitrogens with zero attached hydrogens (tertiary/aromatic N) is 5. The lowest BCUT2D eigenvalue weighted by Crippen LogP contribution is -2.37. The van der Waals surface area contributed by atoms with Crippen LogP contribution in [0.2, 0.25) is 0 Å². The smallest absolute Gasteiger partial charge is 0.267 e. The molecular weight excluding hydrogens is 296 g/mol. The van der Waals surface area contributed by atoms with Crippen molar-refractivity contribution in [1.82, 2.24) is 24.4 Å². The van der Waals surface area contributed by atoms with Gasteiger partial charge < -0.3 is 10.1 Å². The number of ether oxygens (including phenoxy) is 1. The van der Waals surface area contributed by atoms with Crippen LogP contribution in [-0.4, -0.2) is 43.6 Å². The molecule has 2 unspecified atom stereocenters. The minimum Gasteiger partial charge on any atom is -0.377 e. The zero-order valence-electron chi connectivity index (χ0n) is 12.6. The first-order valence-electron chi connectivity index (χ1n) is 7.43. The van der Waals surface area contributed by atoms with E-state index in [1.54, 1.807) is 6.07 Å². The topological polar surface area (TPSA) is 86.3 Å². The Morgan fingerprint density at radius 1 is 1.22 bits per heavy atom. The summed E-state index contributed by atoms with van der Waals surface area (Å²) >= 11 is 0. The van der Waals surface area contributed by atoms with Crippen LogP contribution >= 0.6 is 0 Å². The van der Waals surface area contributed by atoms with E-state index in [1.165, 1.54) is 10.7 Å². The van der Waals surface area contributed by atoms with Gasteiger partial charge in [0.1, 0.15) is 6.04 Å². The van der Waals surface area contributed by atoms with Crippen LogP contribution in [0.4, 0.5) is 5.95 Å². The number of aryl methyl sites for hydroxylation is 1. The first-order valence-corrected chi connectivity index (χ1v) is 7.43. The number of fused-ring (bicyclic) bond motifs is 1. The molecule has 1 aliphatic rings. The second-order valence-corrected chi connectivity index (χ2v) is 5.57. The number of anilines is 1. The van der Waals surface area contributed by atoms with Crippen molar-refractivity contribution in [2.24, 2.45) is 0 Å². The third-order valence-corrected chi connectivity index (χ3v) is 3.95.